The summed E-state index contributed by atoms with van der Waals surface area (Å²) in [4.78, 5) is 2.16. The molecule has 0 saturated carbocycles. The monoisotopic (exact) mass is 300 g/mol. The topological polar surface area (TPSA) is 34.0 Å². The molecule has 3 aromatic rings. The summed E-state index contributed by atoms with van der Waals surface area (Å²) in [6.07, 6.45) is 3.00. The van der Waals surface area contributed by atoms with E-state index in [1.165, 1.54) is 15.6 Å². The van der Waals surface area contributed by atoms with Crippen molar-refractivity contribution in [1.82, 2.24) is 19.9 Å². The fraction of sp³-hybridized carbons (Fsp3) is 0.375. The molecule has 0 aliphatic heterocycles. The predicted molar refractivity (Wildman–Crippen MR) is 87.9 cm³/mol. The Kier molecular flexibility index (Phi) is 4.03. The first kappa shape index (κ1) is 14.2. The minimum absolute atomic E-state index is 0.210. The van der Waals surface area contributed by atoms with E-state index in [1.54, 1.807) is 11.3 Å². The predicted octanol–water partition coefficient (Wildman–Crippen LogP) is 3.21. The van der Waals surface area contributed by atoms with Gasteiger partial charge in [-0.3, -0.25) is 0 Å². The lowest BCUT2D eigenvalue weighted by Gasteiger charge is -2.10. The van der Waals surface area contributed by atoms with Crippen LogP contribution in [-0.2, 0) is 6.42 Å². The zero-order valence-electron chi connectivity index (χ0n) is 12.7. The van der Waals surface area contributed by atoms with Gasteiger partial charge in [0.15, 0.2) is 0 Å². The highest BCUT2D eigenvalue weighted by molar-refractivity contribution is 7.17. The first-order valence-corrected chi connectivity index (χ1v) is 8.04. The second-order valence-electron chi connectivity index (χ2n) is 5.61. The molecule has 0 spiro atoms. The van der Waals surface area contributed by atoms with Crippen LogP contribution in [-0.4, -0.2) is 40.5 Å². The van der Waals surface area contributed by atoms with Gasteiger partial charge in [-0.1, -0.05) is 23.4 Å². The van der Waals surface area contributed by atoms with Crippen LogP contribution in [0.5, 0.6) is 0 Å². The number of rotatable bonds is 5. The zero-order valence-corrected chi connectivity index (χ0v) is 13.5. The number of hydrogen-bond acceptors (Lipinski definition) is 4. The Balaban J connectivity index is 1.83. The summed E-state index contributed by atoms with van der Waals surface area (Å²) in [5.74, 6) is 0. The van der Waals surface area contributed by atoms with Crippen molar-refractivity contribution in [2.75, 3.05) is 20.6 Å². The molecule has 4 nitrogen and oxygen atoms in total. The number of fused-ring (bicyclic) bond motifs is 1. The first-order valence-electron chi connectivity index (χ1n) is 7.16. The van der Waals surface area contributed by atoms with E-state index >= 15 is 0 Å². The van der Waals surface area contributed by atoms with Crippen LogP contribution >= 0.6 is 11.3 Å². The van der Waals surface area contributed by atoms with Gasteiger partial charge < -0.3 is 4.90 Å². The van der Waals surface area contributed by atoms with Gasteiger partial charge >= 0.3 is 0 Å². The van der Waals surface area contributed by atoms with Gasteiger partial charge in [-0.2, -0.15) is 0 Å². The van der Waals surface area contributed by atoms with Crippen molar-refractivity contribution in [2.45, 2.75) is 19.4 Å². The lowest BCUT2D eigenvalue weighted by Crippen LogP contribution is -2.15. The summed E-state index contributed by atoms with van der Waals surface area (Å²) >= 11 is 1.79. The molecule has 110 valence electrons. The molecule has 0 amide bonds. The van der Waals surface area contributed by atoms with Crippen LogP contribution in [0.25, 0.3) is 10.1 Å². The molecule has 0 N–H and O–H groups in total. The minimum atomic E-state index is 0.210. The Hall–Kier alpha value is -1.72. The van der Waals surface area contributed by atoms with Gasteiger partial charge in [-0.25, -0.2) is 4.68 Å². The van der Waals surface area contributed by atoms with E-state index in [0.29, 0.717) is 0 Å². The fourth-order valence-corrected chi connectivity index (χ4v) is 3.47. The zero-order chi connectivity index (χ0) is 14.8. The van der Waals surface area contributed by atoms with Gasteiger partial charge in [-0.05, 0) is 43.4 Å². The van der Waals surface area contributed by atoms with Crippen molar-refractivity contribution >= 4 is 21.4 Å². The van der Waals surface area contributed by atoms with Crippen molar-refractivity contribution < 1.29 is 0 Å². The maximum Gasteiger partial charge on any atom is 0.0840 e. The average molecular weight is 300 g/mol. The molecule has 1 aromatic carbocycles. The van der Waals surface area contributed by atoms with E-state index in [1.807, 2.05) is 4.68 Å². The smallest absolute Gasteiger partial charge is 0.0840 e. The van der Waals surface area contributed by atoms with E-state index in [9.17, 15) is 0 Å². The molecule has 5 heteroatoms. The summed E-state index contributed by atoms with van der Waals surface area (Å²) in [6, 6.07) is 8.74. The number of thiophene rings is 1. The maximum atomic E-state index is 4.31. The van der Waals surface area contributed by atoms with Crippen molar-refractivity contribution in [2.24, 2.45) is 0 Å². The van der Waals surface area contributed by atoms with Crippen LogP contribution in [0.2, 0.25) is 0 Å². The molecule has 0 aliphatic rings. The van der Waals surface area contributed by atoms with E-state index in [-0.39, 0.29) is 6.04 Å². The molecule has 0 unspecified atom stereocenters. The summed E-state index contributed by atoms with van der Waals surface area (Å²) in [6.45, 7) is 3.17. The molecule has 3 rings (SSSR count). The van der Waals surface area contributed by atoms with E-state index in [4.69, 9.17) is 0 Å². The Morgan fingerprint density at radius 1 is 1.29 bits per heavy atom. The van der Waals surface area contributed by atoms with E-state index < -0.39 is 0 Å². The minimum Gasteiger partial charge on any atom is -0.309 e. The Morgan fingerprint density at radius 3 is 2.90 bits per heavy atom. The molecule has 0 bridgehead atoms. The van der Waals surface area contributed by atoms with Crippen LogP contribution in [0, 0.1) is 0 Å². The van der Waals surface area contributed by atoms with E-state index in [0.717, 1.165) is 18.7 Å². The highest BCUT2D eigenvalue weighted by atomic mass is 32.1. The van der Waals surface area contributed by atoms with Gasteiger partial charge in [0.2, 0.25) is 0 Å². The average Bonchev–Trinajstić information content (AvgIpc) is 3.11. The van der Waals surface area contributed by atoms with Gasteiger partial charge in [0.25, 0.3) is 0 Å². The number of likely N-dealkylation sites (N-methyl/N-ethyl adjacent to an activating group) is 1. The number of benzene rings is 1. The molecule has 0 aliphatic carbocycles. The molecule has 1 atom stereocenters. The Morgan fingerprint density at radius 2 is 2.10 bits per heavy atom. The summed E-state index contributed by atoms with van der Waals surface area (Å²) in [7, 11) is 4.15. The SMILES string of the molecule is C[C@H](c1csc2ccccc12)n1cc(CCN(C)C)nn1. The highest BCUT2D eigenvalue weighted by Gasteiger charge is 2.14. The standard InChI is InChI=1S/C16H20N4S/c1-12(15-11-21-16-7-5-4-6-14(15)16)20-10-13(17-18-20)8-9-19(2)3/h4-7,10-12H,8-9H2,1-3H3/t12-/m1/s1. The van der Waals surface area contributed by atoms with Crippen LogP contribution in [0.1, 0.15) is 24.2 Å². The van der Waals surface area contributed by atoms with Crippen molar-refractivity contribution in [3.8, 4) is 0 Å². The Labute approximate surface area is 129 Å². The Bertz CT molecular complexity index is 729. The van der Waals surface area contributed by atoms with Crippen molar-refractivity contribution in [3.63, 3.8) is 0 Å². The number of aromatic nitrogens is 3. The molecule has 2 heterocycles. The third kappa shape index (κ3) is 2.99. The summed E-state index contributed by atoms with van der Waals surface area (Å²) < 4.78 is 3.30. The second-order valence-corrected chi connectivity index (χ2v) is 6.52. The van der Waals surface area contributed by atoms with Gasteiger partial charge in [0.05, 0.1) is 11.7 Å². The summed E-state index contributed by atoms with van der Waals surface area (Å²) in [5.41, 5.74) is 2.37. The largest absolute Gasteiger partial charge is 0.309 e. The van der Waals surface area contributed by atoms with Gasteiger partial charge in [0, 0.05) is 23.9 Å². The van der Waals surface area contributed by atoms with Crippen LogP contribution in [0.15, 0.2) is 35.8 Å². The van der Waals surface area contributed by atoms with Crippen molar-refractivity contribution in [1.29, 1.82) is 0 Å². The normalized spacial score (nSPS) is 13.1. The van der Waals surface area contributed by atoms with Crippen LogP contribution < -0.4 is 0 Å². The van der Waals surface area contributed by atoms with Gasteiger partial charge in [0.1, 0.15) is 0 Å². The van der Waals surface area contributed by atoms with Crippen LogP contribution in [0.3, 0.4) is 0 Å². The van der Waals surface area contributed by atoms with E-state index in [2.05, 4.69) is 72.1 Å². The summed E-state index contributed by atoms with van der Waals surface area (Å²) in [5, 5.41) is 12.2. The van der Waals surface area contributed by atoms with Crippen molar-refractivity contribution in [3.05, 3.63) is 47.1 Å². The number of hydrogen-bond donors (Lipinski definition) is 0. The maximum absolute atomic E-state index is 4.31. The lowest BCUT2D eigenvalue weighted by molar-refractivity contribution is 0.411. The highest BCUT2D eigenvalue weighted by Crippen LogP contribution is 2.31. The second kappa shape index (κ2) is 5.95. The first-order chi connectivity index (χ1) is 10.1. The molecule has 0 fully saturated rings. The third-order valence-corrected chi connectivity index (χ3v) is 4.71. The molecule has 21 heavy (non-hydrogen) atoms. The quantitative estimate of drug-likeness (QED) is 0.725. The lowest BCUT2D eigenvalue weighted by atomic mass is 10.1. The molecular formula is C16H20N4S. The fourth-order valence-electron chi connectivity index (χ4n) is 2.42. The molecule has 0 radical (unpaired) electrons. The number of nitrogens with zero attached hydrogens (tertiary/aromatic N) is 4. The van der Waals surface area contributed by atoms with Crippen LogP contribution in [0.4, 0.5) is 0 Å². The third-order valence-electron chi connectivity index (χ3n) is 3.73. The molecular weight excluding hydrogens is 280 g/mol. The molecule has 2 aromatic heterocycles. The van der Waals surface area contributed by atoms with Gasteiger partial charge in [-0.15, -0.1) is 16.4 Å². The molecule has 0 saturated heterocycles.